The molecule has 4 rings (SSSR count). The summed E-state index contributed by atoms with van der Waals surface area (Å²) in [4.78, 5) is 0. The highest BCUT2D eigenvalue weighted by Gasteiger charge is 2.23. The van der Waals surface area contributed by atoms with Crippen molar-refractivity contribution in [2.45, 2.75) is 19.3 Å². The van der Waals surface area contributed by atoms with Crippen LogP contribution in [-0.4, -0.2) is 16.3 Å². The standard InChI is InChI=1S/C19H16Cl2FN3/c20-15-6-1-2-7-17(15)25-19-14(5-3-4-10-23-19)18(24-25)13-9-8-12(22)11-16(13)21/h1-2,6-9,11,23H,3-5,10H2. The molecule has 128 valence electrons. The minimum Gasteiger partial charge on any atom is -0.370 e. The molecule has 1 aliphatic heterocycles. The lowest BCUT2D eigenvalue weighted by Gasteiger charge is -2.10. The summed E-state index contributed by atoms with van der Waals surface area (Å²) in [7, 11) is 0. The van der Waals surface area contributed by atoms with Gasteiger partial charge in [0.2, 0.25) is 0 Å². The van der Waals surface area contributed by atoms with Crippen LogP contribution in [0.5, 0.6) is 0 Å². The number of halogens is 3. The highest BCUT2D eigenvalue weighted by atomic mass is 35.5. The van der Waals surface area contributed by atoms with Crippen LogP contribution < -0.4 is 5.32 Å². The molecule has 0 radical (unpaired) electrons. The second-order valence-corrected chi connectivity index (χ2v) is 6.86. The van der Waals surface area contributed by atoms with Crippen LogP contribution in [0.25, 0.3) is 16.9 Å². The van der Waals surface area contributed by atoms with Crippen LogP contribution in [0.1, 0.15) is 18.4 Å². The van der Waals surface area contributed by atoms with Gasteiger partial charge in [0, 0.05) is 17.7 Å². The number of benzene rings is 2. The van der Waals surface area contributed by atoms with Crippen LogP contribution in [0.3, 0.4) is 0 Å². The zero-order valence-corrected chi connectivity index (χ0v) is 14.9. The zero-order chi connectivity index (χ0) is 17.4. The molecule has 2 heterocycles. The van der Waals surface area contributed by atoms with Gasteiger partial charge in [0.25, 0.3) is 0 Å². The van der Waals surface area contributed by atoms with Crippen molar-refractivity contribution in [2.75, 3.05) is 11.9 Å². The van der Waals surface area contributed by atoms with Crippen LogP contribution in [0, 0.1) is 5.82 Å². The third-order valence-electron chi connectivity index (χ3n) is 4.40. The van der Waals surface area contributed by atoms with Crippen LogP contribution in [0.15, 0.2) is 42.5 Å². The Morgan fingerprint density at radius 3 is 2.68 bits per heavy atom. The summed E-state index contributed by atoms with van der Waals surface area (Å²) in [5.41, 5.74) is 3.40. The summed E-state index contributed by atoms with van der Waals surface area (Å²) < 4.78 is 15.3. The van der Waals surface area contributed by atoms with Crippen molar-refractivity contribution in [1.29, 1.82) is 0 Å². The van der Waals surface area contributed by atoms with E-state index in [4.69, 9.17) is 28.3 Å². The summed E-state index contributed by atoms with van der Waals surface area (Å²) >= 11 is 12.7. The SMILES string of the molecule is Fc1ccc(-c2nn(-c3ccccc3Cl)c3c2CCCCN3)c(Cl)c1. The van der Waals surface area contributed by atoms with E-state index in [-0.39, 0.29) is 5.82 Å². The van der Waals surface area contributed by atoms with Crippen LogP contribution in [-0.2, 0) is 6.42 Å². The van der Waals surface area contributed by atoms with Gasteiger partial charge in [0.1, 0.15) is 11.6 Å². The molecular weight excluding hydrogens is 360 g/mol. The van der Waals surface area contributed by atoms with Crippen molar-refractivity contribution in [3.63, 3.8) is 0 Å². The fourth-order valence-electron chi connectivity index (χ4n) is 3.20. The summed E-state index contributed by atoms with van der Waals surface area (Å²) in [5.74, 6) is 0.574. The first kappa shape index (κ1) is 16.4. The topological polar surface area (TPSA) is 29.9 Å². The summed E-state index contributed by atoms with van der Waals surface area (Å²) in [6, 6.07) is 12.0. The van der Waals surface area contributed by atoms with E-state index in [1.165, 1.54) is 12.1 Å². The van der Waals surface area contributed by atoms with E-state index < -0.39 is 0 Å². The molecule has 25 heavy (non-hydrogen) atoms. The number of hydrogen-bond donors (Lipinski definition) is 1. The third-order valence-corrected chi connectivity index (χ3v) is 5.03. The molecule has 0 aliphatic carbocycles. The molecule has 1 N–H and O–H groups in total. The highest BCUT2D eigenvalue weighted by Crippen LogP contribution is 2.38. The number of fused-ring (bicyclic) bond motifs is 1. The van der Waals surface area contributed by atoms with Crippen LogP contribution in [0.2, 0.25) is 10.0 Å². The molecule has 1 aromatic heterocycles. The Hall–Kier alpha value is -2.04. The molecule has 0 amide bonds. The molecule has 0 spiro atoms. The van der Waals surface area contributed by atoms with Gasteiger partial charge in [-0.3, -0.25) is 0 Å². The molecule has 0 saturated heterocycles. The predicted molar refractivity (Wildman–Crippen MR) is 100 cm³/mol. The smallest absolute Gasteiger partial charge is 0.133 e. The lowest BCUT2D eigenvalue weighted by molar-refractivity contribution is 0.628. The summed E-state index contributed by atoms with van der Waals surface area (Å²) in [6.07, 6.45) is 3.02. The van der Waals surface area contributed by atoms with Crippen molar-refractivity contribution in [3.8, 4) is 16.9 Å². The number of para-hydroxylation sites is 1. The first-order valence-electron chi connectivity index (χ1n) is 8.21. The van der Waals surface area contributed by atoms with E-state index in [9.17, 15) is 4.39 Å². The van der Waals surface area contributed by atoms with Gasteiger partial charge >= 0.3 is 0 Å². The maximum absolute atomic E-state index is 13.5. The predicted octanol–water partition coefficient (Wildman–Crippen LogP) is 5.73. The second-order valence-electron chi connectivity index (χ2n) is 6.05. The third kappa shape index (κ3) is 3.00. The number of nitrogens with zero attached hydrogens (tertiary/aromatic N) is 2. The van der Waals surface area contributed by atoms with Gasteiger partial charge in [-0.15, -0.1) is 0 Å². The first-order chi connectivity index (χ1) is 12.1. The largest absolute Gasteiger partial charge is 0.370 e. The van der Waals surface area contributed by atoms with Gasteiger partial charge in [-0.2, -0.15) is 5.10 Å². The van der Waals surface area contributed by atoms with Crippen LogP contribution >= 0.6 is 23.2 Å². The molecule has 1 aliphatic rings. The quantitative estimate of drug-likeness (QED) is 0.619. The second kappa shape index (κ2) is 6.70. The van der Waals surface area contributed by atoms with E-state index in [1.807, 2.05) is 28.9 Å². The van der Waals surface area contributed by atoms with E-state index in [1.54, 1.807) is 6.07 Å². The maximum atomic E-state index is 13.5. The molecule has 2 aromatic carbocycles. The molecule has 0 fully saturated rings. The Bertz CT molecular complexity index is 936. The summed E-state index contributed by atoms with van der Waals surface area (Å²) in [5, 5.41) is 9.23. The molecule has 0 saturated carbocycles. The Labute approximate surface area is 155 Å². The Balaban J connectivity index is 1.95. The normalized spacial score (nSPS) is 13.9. The molecule has 6 heteroatoms. The van der Waals surface area contributed by atoms with Crippen molar-refractivity contribution in [2.24, 2.45) is 0 Å². The molecule has 0 bridgehead atoms. The van der Waals surface area contributed by atoms with Gasteiger partial charge in [0.15, 0.2) is 0 Å². The fourth-order valence-corrected chi connectivity index (χ4v) is 3.67. The van der Waals surface area contributed by atoms with Crippen molar-refractivity contribution >= 4 is 29.0 Å². The molecule has 0 unspecified atom stereocenters. The fraction of sp³-hybridized carbons (Fsp3) is 0.211. The average molecular weight is 376 g/mol. The monoisotopic (exact) mass is 375 g/mol. The summed E-state index contributed by atoms with van der Waals surface area (Å²) in [6.45, 7) is 0.875. The van der Waals surface area contributed by atoms with E-state index in [2.05, 4.69) is 5.32 Å². The van der Waals surface area contributed by atoms with Crippen molar-refractivity contribution in [3.05, 3.63) is 63.9 Å². The zero-order valence-electron chi connectivity index (χ0n) is 13.4. The van der Waals surface area contributed by atoms with E-state index in [0.717, 1.165) is 54.1 Å². The van der Waals surface area contributed by atoms with Crippen LogP contribution in [0.4, 0.5) is 10.2 Å². The number of nitrogens with one attached hydrogen (secondary N) is 1. The van der Waals surface area contributed by atoms with E-state index in [0.29, 0.717) is 10.0 Å². The van der Waals surface area contributed by atoms with Gasteiger partial charge in [-0.25, -0.2) is 9.07 Å². The number of anilines is 1. The number of hydrogen-bond acceptors (Lipinski definition) is 2. The maximum Gasteiger partial charge on any atom is 0.133 e. The average Bonchev–Trinajstić information content (AvgIpc) is 2.78. The molecular formula is C19H16Cl2FN3. The van der Waals surface area contributed by atoms with Gasteiger partial charge in [0.05, 0.1) is 21.4 Å². The lowest BCUT2D eigenvalue weighted by atomic mass is 10.0. The Morgan fingerprint density at radius 1 is 1.04 bits per heavy atom. The minimum atomic E-state index is -0.358. The first-order valence-corrected chi connectivity index (χ1v) is 8.97. The Kier molecular flexibility index (Phi) is 4.40. The van der Waals surface area contributed by atoms with Gasteiger partial charge in [-0.05, 0) is 49.6 Å². The molecule has 3 nitrogen and oxygen atoms in total. The Morgan fingerprint density at radius 2 is 1.88 bits per heavy atom. The number of rotatable bonds is 2. The lowest BCUT2D eigenvalue weighted by Crippen LogP contribution is -2.07. The van der Waals surface area contributed by atoms with Gasteiger partial charge < -0.3 is 5.32 Å². The number of aromatic nitrogens is 2. The van der Waals surface area contributed by atoms with Crippen molar-refractivity contribution in [1.82, 2.24) is 9.78 Å². The highest BCUT2D eigenvalue weighted by molar-refractivity contribution is 6.33. The minimum absolute atomic E-state index is 0.357. The van der Waals surface area contributed by atoms with E-state index >= 15 is 0 Å². The van der Waals surface area contributed by atoms with Crippen molar-refractivity contribution < 1.29 is 4.39 Å². The molecule has 3 aromatic rings. The molecule has 0 atom stereocenters. The van der Waals surface area contributed by atoms with Gasteiger partial charge in [-0.1, -0.05) is 35.3 Å².